The first-order valence-electron chi connectivity index (χ1n) is 10.2. The van der Waals surface area contributed by atoms with Crippen molar-refractivity contribution < 1.29 is 22.7 Å². The normalized spacial score (nSPS) is 17.6. The van der Waals surface area contributed by atoms with Crippen molar-refractivity contribution in [3.8, 4) is 5.75 Å². The largest absolute Gasteiger partial charge is 0.495 e. The van der Waals surface area contributed by atoms with Gasteiger partial charge in [0.2, 0.25) is 15.9 Å². The van der Waals surface area contributed by atoms with E-state index >= 15 is 0 Å². The predicted molar refractivity (Wildman–Crippen MR) is 108 cm³/mol. The zero-order chi connectivity index (χ0) is 20.9. The van der Waals surface area contributed by atoms with E-state index < -0.39 is 15.9 Å². The third-order valence-electron chi connectivity index (χ3n) is 5.30. The highest BCUT2D eigenvalue weighted by molar-refractivity contribution is 7.89. The maximum Gasteiger partial charge on any atom is 0.251 e. The Kier molecular flexibility index (Phi) is 7.13. The number of hydrogen-bond acceptors (Lipinski definition) is 5. The molecule has 0 heterocycles. The SMILES string of the molecule is COc1ccc(C(=O)NCCNC(=O)C2CCCCC2)cc1S(=O)(=O)NC1CC1. The third kappa shape index (κ3) is 5.93. The second kappa shape index (κ2) is 9.58. The lowest BCUT2D eigenvalue weighted by atomic mass is 9.89. The highest BCUT2D eigenvalue weighted by atomic mass is 32.2. The van der Waals surface area contributed by atoms with Crippen molar-refractivity contribution in [3.63, 3.8) is 0 Å². The van der Waals surface area contributed by atoms with Crippen molar-refractivity contribution in [1.82, 2.24) is 15.4 Å². The summed E-state index contributed by atoms with van der Waals surface area (Å²) in [7, 11) is -2.37. The Hall–Kier alpha value is -2.13. The van der Waals surface area contributed by atoms with E-state index in [0.717, 1.165) is 38.5 Å². The molecule has 9 heteroatoms. The second-order valence-electron chi connectivity index (χ2n) is 7.64. The van der Waals surface area contributed by atoms with Crippen molar-refractivity contribution in [2.24, 2.45) is 5.92 Å². The van der Waals surface area contributed by atoms with Crippen molar-refractivity contribution >= 4 is 21.8 Å². The van der Waals surface area contributed by atoms with Gasteiger partial charge in [0.05, 0.1) is 7.11 Å². The van der Waals surface area contributed by atoms with E-state index in [0.29, 0.717) is 6.54 Å². The molecule has 0 saturated heterocycles. The smallest absolute Gasteiger partial charge is 0.251 e. The molecule has 2 aliphatic carbocycles. The number of nitrogens with one attached hydrogen (secondary N) is 3. The molecule has 0 bridgehead atoms. The summed E-state index contributed by atoms with van der Waals surface area (Å²) in [5.74, 6) is -0.0902. The summed E-state index contributed by atoms with van der Waals surface area (Å²) in [4.78, 5) is 24.5. The van der Waals surface area contributed by atoms with Crippen LogP contribution in [0.3, 0.4) is 0 Å². The van der Waals surface area contributed by atoms with E-state index in [-0.39, 0.29) is 40.6 Å². The maximum absolute atomic E-state index is 12.6. The molecule has 2 aliphatic rings. The summed E-state index contributed by atoms with van der Waals surface area (Å²) in [5.41, 5.74) is 0.223. The molecule has 3 N–H and O–H groups in total. The van der Waals surface area contributed by atoms with E-state index in [2.05, 4.69) is 15.4 Å². The van der Waals surface area contributed by atoms with Crippen LogP contribution in [0.25, 0.3) is 0 Å². The van der Waals surface area contributed by atoms with Crippen LogP contribution in [0.5, 0.6) is 5.75 Å². The van der Waals surface area contributed by atoms with Gasteiger partial charge >= 0.3 is 0 Å². The molecule has 8 nitrogen and oxygen atoms in total. The first-order chi connectivity index (χ1) is 13.9. The Morgan fingerprint density at radius 3 is 2.38 bits per heavy atom. The van der Waals surface area contributed by atoms with Gasteiger partial charge in [0.15, 0.2) is 0 Å². The molecule has 0 unspecified atom stereocenters. The predicted octanol–water partition coefficient (Wildman–Crippen LogP) is 1.56. The number of hydrogen-bond donors (Lipinski definition) is 3. The Balaban J connectivity index is 1.54. The van der Waals surface area contributed by atoms with Crippen LogP contribution in [0.4, 0.5) is 0 Å². The minimum Gasteiger partial charge on any atom is -0.495 e. The average Bonchev–Trinajstić information content (AvgIpc) is 3.54. The molecular weight excluding hydrogens is 394 g/mol. The monoisotopic (exact) mass is 423 g/mol. The topological polar surface area (TPSA) is 114 Å². The zero-order valence-electron chi connectivity index (χ0n) is 16.7. The fourth-order valence-corrected chi connectivity index (χ4v) is 4.98. The van der Waals surface area contributed by atoms with E-state index in [4.69, 9.17) is 4.74 Å². The fraction of sp³-hybridized carbons (Fsp3) is 0.600. The summed E-state index contributed by atoms with van der Waals surface area (Å²) in [5, 5.41) is 5.58. The van der Waals surface area contributed by atoms with Crippen LogP contribution < -0.4 is 20.1 Å². The molecule has 1 aromatic rings. The van der Waals surface area contributed by atoms with E-state index in [1.807, 2.05) is 0 Å². The quantitative estimate of drug-likeness (QED) is 0.522. The molecule has 0 aliphatic heterocycles. The van der Waals surface area contributed by atoms with Gasteiger partial charge in [0, 0.05) is 30.6 Å². The van der Waals surface area contributed by atoms with Crippen LogP contribution in [-0.2, 0) is 14.8 Å². The number of methoxy groups -OCH3 is 1. The van der Waals surface area contributed by atoms with Gasteiger partial charge in [-0.3, -0.25) is 9.59 Å². The van der Waals surface area contributed by atoms with Gasteiger partial charge in [0.1, 0.15) is 10.6 Å². The van der Waals surface area contributed by atoms with Gasteiger partial charge in [-0.05, 0) is 43.9 Å². The molecule has 29 heavy (non-hydrogen) atoms. The number of rotatable bonds is 9. The number of carbonyl (C=O) groups is 2. The number of benzene rings is 1. The first-order valence-corrected chi connectivity index (χ1v) is 11.7. The molecule has 0 aromatic heterocycles. The molecule has 0 radical (unpaired) electrons. The number of ether oxygens (including phenoxy) is 1. The molecule has 0 atom stereocenters. The highest BCUT2D eigenvalue weighted by Gasteiger charge is 2.30. The third-order valence-corrected chi connectivity index (χ3v) is 6.84. The number of sulfonamides is 1. The van der Waals surface area contributed by atoms with Crippen LogP contribution in [0.15, 0.2) is 23.1 Å². The van der Waals surface area contributed by atoms with Crippen molar-refractivity contribution in [2.75, 3.05) is 20.2 Å². The Morgan fingerprint density at radius 2 is 1.72 bits per heavy atom. The van der Waals surface area contributed by atoms with Crippen LogP contribution >= 0.6 is 0 Å². The molecule has 2 saturated carbocycles. The fourth-order valence-electron chi connectivity index (χ4n) is 3.48. The molecule has 0 spiro atoms. The number of carbonyl (C=O) groups excluding carboxylic acids is 2. The summed E-state index contributed by atoms with van der Waals surface area (Å²) >= 11 is 0. The van der Waals surface area contributed by atoms with E-state index in [1.54, 1.807) is 0 Å². The Bertz CT molecular complexity index is 846. The molecular formula is C20H29N3O5S. The number of amides is 2. The average molecular weight is 424 g/mol. The minimum absolute atomic E-state index is 0.0444. The lowest BCUT2D eigenvalue weighted by Gasteiger charge is -2.20. The summed E-state index contributed by atoms with van der Waals surface area (Å²) in [6.07, 6.45) is 6.85. The van der Waals surface area contributed by atoms with Crippen LogP contribution in [0, 0.1) is 5.92 Å². The molecule has 160 valence electrons. The zero-order valence-corrected chi connectivity index (χ0v) is 17.5. The molecule has 3 rings (SSSR count). The Labute approximate surface area is 171 Å². The molecule has 1 aromatic carbocycles. The molecule has 2 amide bonds. The van der Waals surface area contributed by atoms with Crippen molar-refractivity contribution in [1.29, 1.82) is 0 Å². The summed E-state index contributed by atoms with van der Waals surface area (Å²) in [6.45, 7) is 0.608. The lowest BCUT2D eigenvalue weighted by molar-refractivity contribution is -0.125. The van der Waals surface area contributed by atoms with Crippen molar-refractivity contribution in [2.45, 2.75) is 55.9 Å². The molecule has 2 fully saturated rings. The standard InChI is InChI=1S/C20H29N3O5S/c1-28-17-10-7-15(13-18(17)29(26,27)23-16-8-9-16)20(25)22-12-11-21-19(24)14-5-3-2-4-6-14/h7,10,13-14,16,23H,2-6,8-9,11-12H2,1H3,(H,21,24)(H,22,25). The van der Waals surface area contributed by atoms with Crippen molar-refractivity contribution in [3.05, 3.63) is 23.8 Å². The van der Waals surface area contributed by atoms with Crippen LogP contribution in [0.2, 0.25) is 0 Å². The van der Waals surface area contributed by atoms with Crippen LogP contribution in [-0.4, -0.2) is 46.5 Å². The van der Waals surface area contributed by atoms with E-state index in [1.165, 1.54) is 31.7 Å². The first kappa shape index (κ1) is 21.6. The van der Waals surface area contributed by atoms with Gasteiger partial charge < -0.3 is 15.4 Å². The lowest BCUT2D eigenvalue weighted by Crippen LogP contribution is -2.38. The maximum atomic E-state index is 12.6. The Morgan fingerprint density at radius 1 is 1.03 bits per heavy atom. The van der Waals surface area contributed by atoms with Gasteiger partial charge in [-0.2, -0.15) is 0 Å². The minimum atomic E-state index is -3.76. The van der Waals surface area contributed by atoms with Crippen LogP contribution in [0.1, 0.15) is 55.3 Å². The second-order valence-corrected chi connectivity index (χ2v) is 9.33. The highest BCUT2D eigenvalue weighted by Crippen LogP contribution is 2.28. The van der Waals surface area contributed by atoms with Gasteiger partial charge in [-0.25, -0.2) is 13.1 Å². The van der Waals surface area contributed by atoms with Gasteiger partial charge in [-0.15, -0.1) is 0 Å². The summed E-state index contributed by atoms with van der Waals surface area (Å²) in [6, 6.07) is 4.26. The van der Waals surface area contributed by atoms with E-state index in [9.17, 15) is 18.0 Å². The van der Waals surface area contributed by atoms with Gasteiger partial charge in [-0.1, -0.05) is 19.3 Å². The van der Waals surface area contributed by atoms with Gasteiger partial charge in [0.25, 0.3) is 5.91 Å². The summed E-state index contributed by atoms with van der Waals surface area (Å²) < 4.78 is 32.9.